The third-order valence-electron chi connectivity index (χ3n) is 9.57. The molecule has 1 aliphatic carbocycles. The summed E-state index contributed by atoms with van der Waals surface area (Å²) in [6, 6.07) is 15.6. The minimum absolute atomic E-state index is 0.164. The van der Waals surface area contributed by atoms with Crippen molar-refractivity contribution in [3.05, 3.63) is 129 Å². The number of benzene rings is 4. The van der Waals surface area contributed by atoms with Gasteiger partial charge in [-0.3, -0.25) is 9.59 Å². The molecule has 5 rings (SSSR count). The van der Waals surface area contributed by atoms with Crippen molar-refractivity contribution in [3.63, 3.8) is 0 Å². The van der Waals surface area contributed by atoms with Gasteiger partial charge >= 0.3 is 5.97 Å². The summed E-state index contributed by atoms with van der Waals surface area (Å²) in [7, 11) is -4.44. The van der Waals surface area contributed by atoms with E-state index in [1.807, 2.05) is 32.9 Å². The second kappa shape index (κ2) is 15.4. The number of ether oxygens (including phenoxy) is 1. The summed E-state index contributed by atoms with van der Waals surface area (Å²) in [5.74, 6) is -13.8. The van der Waals surface area contributed by atoms with Gasteiger partial charge in [-0.1, -0.05) is 74.8 Å². The van der Waals surface area contributed by atoms with Gasteiger partial charge in [0, 0.05) is 17.3 Å². The number of rotatable bonds is 12. The van der Waals surface area contributed by atoms with Gasteiger partial charge in [-0.15, -0.1) is 0 Å². The van der Waals surface area contributed by atoms with Gasteiger partial charge in [-0.25, -0.2) is 30.4 Å². The summed E-state index contributed by atoms with van der Waals surface area (Å²) in [4.78, 5) is 24.8. The third kappa shape index (κ3) is 8.48. The van der Waals surface area contributed by atoms with E-state index in [1.165, 1.54) is 43.5 Å². The van der Waals surface area contributed by atoms with Crippen molar-refractivity contribution < 1.29 is 44.7 Å². The fourth-order valence-corrected chi connectivity index (χ4v) is 7.92. The molecule has 1 fully saturated rings. The van der Waals surface area contributed by atoms with Crippen molar-refractivity contribution in [2.24, 2.45) is 0 Å². The zero-order chi connectivity index (χ0) is 39.9. The molecule has 14 heteroatoms. The van der Waals surface area contributed by atoms with Crippen molar-refractivity contribution in [2.75, 3.05) is 12.4 Å². The van der Waals surface area contributed by atoms with Crippen LogP contribution in [0.3, 0.4) is 0 Å². The van der Waals surface area contributed by atoms with E-state index in [2.05, 4.69) is 5.32 Å². The smallest absolute Gasteiger partial charge is 0.315 e. The van der Waals surface area contributed by atoms with Gasteiger partial charge in [0.1, 0.15) is 6.04 Å². The van der Waals surface area contributed by atoms with Gasteiger partial charge < -0.3 is 10.1 Å². The molecule has 1 aliphatic rings. The van der Waals surface area contributed by atoms with E-state index < -0.39 is 73.9 Å². The number of esters is 1. The Kier molecular flexibility index (Phi) is 11.7. The van der Waals surface area contributed by atoms with E-state index in [9.17, 15) is 31.2 Å². The van der Waals surface area contributed by atoms with Gasteiger partial charge in [-0.2, -0.15) is 4.31 Å². The first kappa shape index (κ1) is 40.8. The molecule has 1 unspecified atom stereocenters. The third-order valence-corrected chi connectivity index (χ3v) is 11.7. The van der Waals surface area contributed by atoms with E-state index >= 15 is 8.78 Å². The Morgan fingerprint density at radius 1 is 0.815 bits per heavy atom. The lowest BCUT2D eigenvalue weighted by Gasteiger charge is -2.31. The Morgan fingerprint density at radius 2 is 1.37 bits per heavy atom. The highest BCUT2D eigenvalue weighted by Gasteiger charge is 2.43. The average Bonchev–Trinajstić information content (AvgIpc) is 3.97. The second-order valence-corrected chi connectivity index (χ2v) is 17.2. The van der Waals surface area contributed by atoms with Crippen LogP contribution in [0.25, 0.3) is 0 Å². The highest BCUT2D eigenvalue weighted by atomic mass is 35.5. The molecule has 288 valence electrons. The molecule has 0 aromatic heterocycles. The summed E-state index contributed by atoms with van der Waals surface area (Å²) < 4.78 is 108. The monoisotopic (exact) mass is 790 g/mol. The molecule has 0 saturated heterocycles. The van der Waals surface area contributed by atoms with E-state index in [4.69, 9.17) is 16.3 Å². The average molecular weight is 791 g/mol. The quantitative estimate of drug-likeness (QED) is 0.0669. The van der Waals surface area contributed by atoms with Crippen molar-refractivity contribution in [2.45, 2.75) is 88.1 Å². The van der Waals surface area contributed by atoms with Crippen LogP contribution < -0.4 is 5.32 Å². The molecule has 4 aromatic carbocycles. The van der Waals surface area contributed by atoms with E-state index in [0.717, 1.165) is 24.0 Å². The Morgan fingerprint density at radius 3 is 1.89 bits per heavy atom. The first-order valence-electron chi connectivity index (χ1n) is 17.1. The van der Waals surface area contributed by atoms with Crippen LogP contribution in [-0.2, 0) is 48.1 Å². The van der Waals surface area contributed by atoms with Gasteiger partial charge in [0.25, 0.3) is 0 Å². The van der Waals surface area contributed by atoms with Crippen LogP contribution in [0.1, 0.15) is 81.2 Å². The van der Waals surface area contributed by atoms with Crippen LogP contribution in [0.2, 0.25) is 5.02 Å². The van der Waals surface area contributed by atoms with Crippen LogP contribution in [0, 0.1) is 29.1 Å². The molecule has 0 radical (unpaired) electrons. The SMILES string of the molecule is COC(=O)C(C)(C)c1ccc(NC(=O)C(Cc2cc(C3CC3)cc(C(C)(C)C)c2)N(Cc2ccc(Cl)cc2)S(=O)(=O)c2c(F)c(F)c(F)c(F)c2F)cc1. The molecule has 7 nitrogen and oxygen atoms in total. The number of sulfonamides is 1. The lowest BCUT2D eigenvalue weighted by atomic mass is 9.83. The van der Waals surface area contributed by atoms with Gasteiger partial charge in [0.2, 0.25) is 21.7 Å². The van der Waals surface area contributed by atoms with Crippen molar-refractivity contribution >= 4 is 39.2 Å². The maximum Gasteiger partial charge on any atom is 0.315 e. The number of amides is 1. The first-order valence-corrected chi connectivity index (χ1v) is 18.9. The number of halogens is 6. The van der Waals surface area contributed by atoms with Crippen molar-refractivity contribution in [1.29, 1.82) is 0 Å². The molecule has 4 aromatic rings. The highest BCUT2D eigenvalue weighted by molar-refractivity contribution is 7.89. The zero-order valence-corrected chi connectivity index (χ0v) is 32.1. The number of nitrogens with zero attached hydrogens (tertiary/aromatic N) is 1. The zero-order valence-electron chi connectivity index (χ0n) is 30.5. The molecule has 1 amide bonds. The Balaban J connectivity index is 1.69. The summed E-state index contributed by atoms with van der Waals surface area (Å²) >= 11 is 6.06. The number of anilines is 1. The molecular weight excluding hydrogens is 751 g/mol. The summed E-state index contributed by atoms with van der Waals surface area (Å²) in [5.41, 5.74) is 1.82. The lowest BCUT2D eigenvalue weighted by Crippen LogP contribution is -2.48. The molecule has 1 atom stereocenters. The fourth-order valence-electron chi connectivity index (χ4n) is 6.10. The maximum absolute atomic E-state index is 15.4. The van der Waals surface area contributed by atoms with Crippen LogP contribution >= 0.6 is 11.6 Å². The molecule has 0 heterocycles. The van der Waals surface area contributed by atoms with Crippen molar-refractivity contribution in [1.82, 2.24) is 4.31 Å². The minimum Gasteiger partial charge on any atom is -0.468 e. The minimum atomic E-state index is -5.69. The normalized spacial score (nSPS) is 14.2. The number of carbonyl (C=O) groups is 2. The van der Waals surface area contributed by atoms with Crippen LogP contribution in [0.5, 0.6) is 0 Å². The van der Waals surface area contributed by atoms with E-state index in [-0.39, 0.29) is 34.0 Å². The fraction of sp³-hybridized carbons (Fsp3) is 0.350. The van der Waals surface area contributed by atoms with Crippen LogP contribution in [-0.4, -0.2) is 37.8 Å². The molecule has 0 spiro atoms. The molecule has 0 bridgehead atoms. The number of methoxy groups -OCH3 is 1. The Labute approximate surface area is 316 Å². The number of carbonyl (C=O) groups excluding carboxylic acids is 2. The predicted octanol–water partition coefficient (Wildman–Crippen LogP) is 9.10. The summed E-state index contributed by atoms with van der Waals surface area (Å²) in [6.45, 7) is 8.51. The molecule has 54 heavy (non-hydrogen) atoms. The predicted molar refractivity (Wildman–Crippen MR) is 195 cm³/mol. The lowest BCUT2D eigenvalue weighted by molar-refractivity contribution is -0.146. The molecule has 0 aliphatic heterocycles. The van der Waals surface area contributed by atoms with Crippen molar-refractivity contribution in [3.8, 4) is 0 Å². The molecular formula is C40H40ClF5N2O5S. The first-order chi connectivity index (χ1) is 25.2. The van der Waals surface area contributed by atoms with E-state index in [1.54, 1.807) is 32.0 Å². The Hall–Kier alpha value is -4.33. The van der Waals surface area contributed by atoms with Gasteiger partial charge in [0.05, 0.1) is 12.5 Å². The highest BCUT2D eigenvalue weighted by Crippen LogP contribution is 2.42. The number of hydrogen-bond acceptors (Lipinski definition) is 5. The molecule has 1 N–H and O–H groups in total. The number of nitrogens with one attached hydrogen (secondary N) is 1. The Bertz CT molecular complexity index is 2160. The number of hydrogen-bond donors (Lipinski definition) is 1. The topological polar surface area (TPSA) is 92.8 Å². The summed E-state index contributed by atoms with van der Waals surface area (Å²) in [6.07, 6.45) is 1.50. The van der Waals surface area contributed by atoms with Crippen LogP contribution in [0.4, 0.5) is 27.6 Å². The standard InChI is InChI=1S/C40H40ClF5N2O5S/c1-39(2,3)27-18-23(17-25(20-27)24-9-10-24)19-30(37(49)47-29-15-11-26(12-16-29)40(4,5)38(50)53-6)48(21-22-7-13-28(41)14-8-22)54(51,52)36-34(45)32(43)31(42)33(44)35(36)46/h7-8,11-18,20,24,30H,9-10,19,21H2,1-6H3,(H,47,49). The summed E-state index contributed by atoms with van der Waals surface area (Å²) in [5, 5.41) is 2.93. The maximum atomic E-state index is 15.4. The second-order valence-electron chi connectivity index (χ2n) is 15.0. The van der Waals surface area contributed by atoms with Gasteiger partial charge in [0.15, 0.2) is 28.2 Å². The largest absolute Gasteiger partial charge is 0.468 e. The molecule has 1 saturated carbocycles. The van der Waals surface area contributed by atoms with Crippen LogP contribution in [0.15, 0.2) is 71.6 Å². The van der Waals surface area contributed by atoms with Gasteiger partial charge in [-0.05, 0) is 96.5 Å². The van der Waals surface area contributed by atoms with E-state index in [0.29, 0.717) is 15.4 Å².